The van der Waals surface area contributed by atoms with Crippen LogP contribution in [0.3, 0.4) is 0 Å². The fourth-order valence-electron chi connectivity index (χ4n) is 2.73. The topological polar surface area (TPSA) is 36.1 Å². The Balaban J connectivity index is 1.93. The van der Waals surface area contributed by atoms with E-state index in [1.165, 1.54) is 22.2 Å². The van der Waals surface area contributed by atoms with Crippen LogP contribution in [0.15, 0.2) is 24.3 Å². The maximum absolute atomic E-state index is 12.3. The summed E-state index contributed by atoms with van der Waals surface area (Å²) in [6.07, 6.45) is 1.75. The number of para-hydroxylation sites is 1. The van der Waals surface area contributed by atoms with Gasteiger partial charge in [0.2, 0.25) is 5.91 Å². The van der Waals surface area contributed by atoms with Crippen molar-refractivity contribution >= 4 is 32.7 Å². The molecular weight excluding hydrogens is 304 g/mol. The van der Waals surface area contributed by atoms with Crippen LogP contribution < -0.4 is 0 Å². The van der Waals surface area contributed by atoms with Crippen LogP contribution in [0, 0.1) is 0 Å². The number of hydrogen-bond acceptors (Lipinski definition) is 1. The molecule has 0 aliphatic carbocycles. The summed E-state index contributed by atoms with van der Waals surface area (Å²) in [6.45, 7) is 3.55. The zero-order valence-corrected chi connectivity index (χ0v) is 12.5. The largest absolute Gasteiger partial charge is 0.358 e. The monoisotopic (exact) mass is 320 g/mol. The molecule has 0 radical (unpaired) electrons. The molecule has 1 atom stereocenters. The first-order valence-electron chi connectivity index (χ1n) is 6.72. The predicted octanol–water partition coefficient (Wildman–Crippen LogP) is 3.23. The van der Waals surface area contributed by atoms with E-state index >= 15 is 0 Å². The third-order valence-electron chi connectivity index (χ3n) is 3.82. The van der Waals surface area contributed by atoms with Crippen molar-refractivity contribution in [2.24, 2.45) is 0 Å². The third-order valence-corrected chi connectivity index (χ3v) is 4.86. The number of nitrogens with one attached hydrogen (secondary N) is 1. The molecule has 1 aliphatic heterocycles. The van der Waals surface area contributed by atoms with Gasteiger partial charge in [-0.1, -0.05) is 41.1 Å². The Morgan fingerprint density at radius 2 is 2.26 bits per heavy atom. The first-order chi connectivity index (χ1) is 9.20. The molecule has 1 N–H and O–H groups in total. The van der Waals surface area contributed by atoms with Crippen molar-refractivity contribution in [3.8, 4) is 0 Å². The molecule has 0 fully saturated rings. The molecule has 1 aliphatic rings. The van der Waals surface area contributed by atoms with E-state index in [0.717, 1.165) is 25.9 Å². The van der Waals surface area contributed by atoms with Crippen LogP contribution in [-0.4, -0.2) is 27.2 Å². The highest BCUT2D eigenvalue weighted by atomic mass is 79.9. The lowest BCUT2D eigenvalue weighted by Crippen LogP contribution is -2.39. The molecule has 0 saturated heterocycles. The van der Waals surface area contributed by atoms with Crippen LogP contribution in [0.2, 0.25) is 0 Å². The minimum atomic E-state index is -0.0562. The second kappa shape index (κ2) is 5.00. The van der Waals surface area contributed by atoms with Gasteiger partial charge in [0.25, 0.3) is 0 Å². The number of carbonyl (C=O) groups excluding carboxylic acids is 1. The maximum Gasteiger partial charge on any atom is 0.236 e. The summed E-state index contributed by atoms with van der Waals surface area (Å²) in [4.78, 5) is 17.6. The number of carbonyl (C=O) groups is 1. The second-order valence-corrected chi connectivity index (χ2v) is 6.12. The van der Waals surface area contributed by atoms with E-state index in [1.54, 1.807) is 0 Å². The lowest BCUT2D eigenvalue weighted by atomic mass is 10.0. The quantitative estimate of drug-likeness (QED) is 0.847. The smallest absolute Gasteiger partial charge is 0.236 e. The predicted molar refractivity (Wildman–Crippen MR) is 80.4 cm³/mol. The highest BCUT2D eigenvalue weighted by Gasteiger charge is 2.26. The third kappa shape index (κ3) is 2.18. The zero-order valence-electron chi connectivity index (χ0n) is 10.9. The molecule has 0 bridgehead atoms. The number of alkyl halides is 1. The molecule has 0 spiro atoms. The summed E-state index contributed by atoms with van der Waals surface area (Å²) in [7, 11) is 0. The van der Waals surface area contributed by atoms with E-state index in [-0.39, 0.29) is 10.7 Å². The van der Waals surface area contributed by atoms with Crippen LogP contribution in [0.5, 0.6) is 0 Å². The van der Waals surface area contributed by atoms with Crippen LogP contribution in [0.1, 0.15) is 24.6 Å². The number of hydrogen-bond donors (Lipinski definition) is 1. The first kappa shape index (κ1) is 12.7. The summed E-state index contributed by atoms with van der Waals surface area (Å²) >= 11 is 3.46. The Labute approximate surface area is 121 Å². The Morgan fingerprint density at radius 3 is 3.05 bits per heavy atom. The minimum Gasteiger partial charge on any atom is -0.358 e. The molecule has 100 valence electrons. The van der Waals surface area contributed by atoms with Gasteiger partial charge in [0.05, 0.1) is 4.83 Å². The maximum atomic E-state index is 12.3. The van der Waals surface area contributed by atoms with Crippen molar-refractivity contribution in [2.45, 2.75) is 31.1 Å². The van der Waals surface area contributed by atoms with Gasteiger partial charge < -0.3 is 9.88 Å². The van der Waals surface area contributed by atoms with Gasteiger partial charge in [0.15, 0.2) is 0 Å². The van der Waals surface area contributed by atoms with Crippen LogP contribution >= 0.6 is 15.9 Å². The normalized spacial score (nSPS) is 16.4. The first-order valence-corrected chi connectivity index (χ1v) is 7.63. The lowest BCUT2D eigenvalue weighted by molar-refractivity contribution is -0.131. The van der Waals surface area contributed by atoms with E-state index in [9.17, 15) is 4.79 Å². The van der Waals surface area contributed by atoms with E-state index in [4.69, 9.17) is 0 Å². The molecular formula is C15H17BrN2O. The molecule has 19 heavy (non-hydrogen) atoms. The van der Waals surface area contributed by atoms with E-state index in [2.05, 4.69) is 39.1 Å². The number of halogens is 1. The highest BCUT2D eigenvalue weighted by molar-refractivity contribution is 9.10. The number of fused-ring (bicyclic) bond motifs is 3. The molecule has 3 rings (SSSR count). The van der Waals surface area contributed by atoms with Crippen molar-refractivity contribution in [3.63, 3.8) is 0 Å². The Hall–Kier alpha value is -1.29. The molecule has 2 heterocycles. The van der Waals surface area contributed by atoms with Crippen molar-refractivity contribution in [2.75, 3.05) is 6.54 Å². The van der Waals surface area contributed by atoms with Gasteiger partial charge in [0.1, 0.15) is 0 Å². The SMILES string of the molecule is CCC(Br)C(=O)N1CCc2[nH]c3ccccc3c2C1. The summed E-state index contributed by atoms with van der Waals surface area (Å²) in [5.41, 5.74) is 3.74. The van der Waals surface area contributed by atoms with Crippen molar-refractivity contribution in [3.05, 3.63) is 35.5 Å². The standard InChI is InChI=1S/C15H17BrN2O/c1-2-12(16)15(19)18-8-7-14-11(9-18)10-5-3-4-6-13(10)17-14/h3-6,12,17H,2,7-9H2,1H3. The molecule has 4 heteroatoms. The Bertz CT molecular complexity index is 620. The van der Waals surface area contributed by atoms with Gasteiger partial charge in [-0.2, -0.15) is 0 Å². The molecule has 3 nitrogen and oxygen atoms in total. The number of rotatable bonds is 2. The van der Waals surface area contributed by atoms with Gasteiger partial charge in [0, 0.05) is 41.7 Å². The second-order valence-electron chi connectivity index (χ2n) is 5.01. The zero-order chi connectivity index (χ0) is 13.4. The van der Waals surface area contributed by atoms with Crippen molar-refractivity contribution in [1.29, 1.82) is 0 Å². The van der Waals surface area contributed by atoms with Gasteiger partial charge in [-0.3, -0.25) is 4.79 Å². The molecule has 1 unspecified atom stereocenters. The summed E-state index contributed by atoms with van der Waals surface area (Å²) < 4.78 is 0. The number of nitrogens with zero attached hydrogens (tertiary/aromatic N) is 1. The van der Waals surface area contributed by atoms with Crippen molar-refractivity contribution in [1.82, 2.24) is 9.88 Å². The fourth-order valence-corrected chi connectivity index (χ4v) is 3.02. The van der Waals surface area contributed by atoms with Gasteiger partial charge in [-0.05, 0) is 12.5 Å². The van der Waals surface area contributed by atoms with E-state index < -0.39 is 0 Å². The van der Waals surface area contributed by atoms with Gasteiger partial charge >= 0.3 is 0 Å². The van der Waals surface area contributed by atoms with Crippen LogP contribution in [0.25, 0.3) is 10.9 Å². The number of aromatic nitrogens is 1. The Kier molecular flexibility index (Phi) is 3.35. The molecule has 0 saturated carbocycles. The number of benzene rings is 1. The molecule has 1 aromatic heterocycles. The minimum absolute atomic E-state index is 0.0562. The number of H-pyrrole nitrogens is 1. The summed E-state index contributed by atoms with van der Waals surface area (Å²) in [5, 5.41) is 1.25. The van der Waals surface area contributed by atoms with Gasteiger partial charge in [-0.15, -0.1) is 0 Å². The molecule has 1 amide bonds. The Morgan fingerprint density at radius 1 is 1.47 bits per heavy atom. The summed E-state index contributed by atoms with van der Waals surface area (Å²) in [6, 6.07) is 8.32. The average molecular weight is 321 g/mol. The van der Waals surface area contributed by atoms with E-state index in [0.29, 0.717) is 0 Å². The van der Waals surface area contributed by atoms with Crippen LogP contribution in [-0.2, 0) is 17.8 Å². The highest BCUT2D eigenvalue weighted by Crippen LogP contribution is 2.28. The fraction of sp³-hybridized carbons (Fsp3) is 0.400. The van der Waals surface area contributed by atoms with Crippen LogP contribution in [0.4, 0.5) is 0 Å². The molecule has 2 aromatic rings. The average Bonchev–Trinajstić information content (AvgIpc) is 2.83. The summed E-state index contributed by atoms with van der Waals surface area (Å²) in [5.74, 6) is 0.207. The van der Waals surface area contributed by atoms with E-state index in [1.807, 2.05) is 17.9 Å². The lowest BCUT2D eigenvalue weighted by Gasteiger charge is -2.28. The van der Waals surface area contributed by atoms with Crippen molar-refractivity contribution < 1.29 is 4.79 Å². The molecule has 1 aromatic carbocycles. The van der Waals surface area contributed by atoms with Gasteiger partial charge in [-0.25, -0.2) is 0 Å². The number of aromatic amines is 1. The number of amides is 1.